The van der Waals surface area contributed by atoms with E-state index in [9.17, 15) is 4.79 Å². The van der Waals surface area contributed by atoms with E-state index in [2.05, 4.69) is 31.0 Å². The lowest BCUT2D eigenvalue weighted by molar-refractivity contribution is -0.139. The number of rotatable bonds is 5. The molecule has 4 nitrogen and oxygen atoms in total. The molecule has 1 unspecified atom stereocenters. The number of carbonyl (C=O) groups is 1. The van der Waals surface area contributed by atoms with Crippen LogP contribution in [0.25, 0.3) is 0 Å². The van der Waals surface area contributed by atoms with Crippen LogP contribution in [-0.2, 0) is 4.79 Å². The third-order valence-electron chi connectivity index (χ3n) is 3.32. The summed E-state index contributed by atoms with van der Waals surface area (Å²) in [6.45, 7) is 9.27. The zero-order valence-electron chi connectivity index (χ0n) is 10.6. The predicted molar refractivity (Wildman–Crippen MR) is 64.6 cm³/mol. The zero-order valence-corrected chi connectivity index (χ0v) is 10.6. The van der Waals surface area contributed by atoms with Gasteiger partial charge >= 0.3 is 5.97 Å². The Morgan fingerprint density at radius 3 is 2.81 bits per heavy atom. The lowest BCUT2D eigenvalue weighted by Gasteiger charge is -2.48. The zero-order chi connectivity index (χ0) is 12.2. The highest BCUT2D eigenvalue weighted by Gasteiger charge is 2.36. The molecule has 0 bridgehead atoms. The van der Waals surface area contributed by atoms with Crippen LogP contribution < -0.4 is 5.32 Å². The van der Waals surface area contributed by atoms with Gasteiger partial charge in [-0.05, 0) is 26.8 Å². The second-order valence-electron chi connectivity index (χ2n) is 5.24. The number of nitrogens with zero attached hydrogens (tertiary/aromatic N) is 1. The van der Waals surface area contributed by atoms with E-state index in [-0.39, 0.29) is 18.0 Å². The van der Waals surface area contributed by atoms with Crippen LogP contribution in [0, 0.1) is 0 Å². The van der Waals surface area contributed by atoms with Crippen LogP contribution in [0.15, 0.2) is 0 Å². The number of aliphatic carboxylic acids is 1. The first-order valence-corrected chi connectivity index (χ1v) is 6.16. The molecule has 0 saturated carbocycles. The Bertz CT molecular complexity index is 241. The van der Waals surface area contributed by atoms with E-state index in [1.54, 1.807) is 0 Å². The molecule has 0 amide bonds. The predicted octanol–water partition coefficient (Wildman–Crippen LogP) is 1.31. The lowest BCUT2D eigenvalue weighted by atomic mass is 9.94. The fourth-order valence-electron chi connectivity index (χ4n) is 2.45. The molecule has 1 heterocycles. The first kappa shape index (κ1) is 13.5. The minimum Gasteiger partial charge on any atom is -0.481 e. The molecule has 16 heavy (non-hydrogen) atoms. The topological polar surface area (TPSA) is 52.6 Å². The first-order valence-electron chi connectivity index (χ1n) is 6.16. The van der Waals surface area contributed by atoms with Crippen LogP contribution >= 0.6 is 0 Å². The minimum absolute atomic E-state index is 0.0630. The van der Waals surface area contributed by atoms with Crippen molar-refractivity contribution in [2.45, 2.75) is 51.6 Å². The molecule has 0 spiro atoms. The van der Waals surface area contributed by atoms with Gasteiger partial charge in [0.05, 0.1) is 6.42 Å². The fraction of sp³-hybridized carbons (Fsp3) is 0.917. The summed E-state index contributed by atoms with van der Waals surface area (Å²) in [4.78, 5) is 13.2. The Hall–Kier alpha value is -0.610. The number of nitrogens with one attached hydrogen (secondary N) is 1. The molecule has 1 rings (SSSR count). The van der Waals surface area contributed by atoms with E-state index in [0.717, 1.165) is 32.5 Å². The number of hydrogen-bond donors (Lipinski definition) is 2. The molecule has 0 aromatic heterocycles. The van der Waals surface area contributed by atoms with E-state index in [4.69, 9.17) is 5.11 Å². The number of unbranched alkanes of at least 4 members (excludes halogenated alkanes) is 1. The van der Waals surface area contributed by atoms with Gasteiger partial charge in [0.1, 0.15) is 0 Å². The van der Waals surface area contributed by atoms with E-state index in [1.807, 2.05) is 0 Å². The molecular weight excluding hydrogens is 204 g/mol. The standard InChI is InChI=1S/C12H24N2O2/c1-4-5-6-14-10(7-11(15)16)8-13-9-12(14,2)3/h10,13H,4-9H2,1-3H3,(H,15,16). The average Bonchev–Trinajstić information content (AvgIpc) is 2.15. The number of carboxylic acid groups (broad SMARTS) is 1. The van der Waals surface area contributed by atoms with Gasteiger partial charge in [-0.15, -0.1) is 0 Å². The van der Waals surface area contributed by atoms with Gasteiger partial charge in [-0.1, -0.05) is 13.3 Å². The highest BCUT2D eigenvalue weighted by atomic mass is 16.4. The first-order chi connectivity index (χ1) is 7.47. The maximum absolute atomic E-state index is 10.8. The molecule has 1 atom stereocenters. The van der Waals surface area contributed by atoms with Crippen molar-refractivity contribution in [1.82, 2.24) is 10.2 Å². The minimum atomic E-state index is -0.703. The van der Waals surface area contributed by atoms with Gasteiger partial charge in [-0.25, -0.2) is 0 Å². The van der Waals surface area contributed by atoms with Gasteiger partial charge in [0.2, 0.25) is 0 Å². The van der Waals surface area contributed by atoms with Gasteiger partial charge in [0.25, 0.3) is 0 Å². The van der Waals surface area contributed by atoms with Crippen LogP contribution in [0.3, 0.4) is 0 Å². The Balaban J connectivity index is 2.67. The van der Waals surface area contributed by atoms with Crippen molar-refractivity contribution in [2.75, 3.05) is 19.6 Å². The van der Waals surface area contributed by atoms with Crippen LogP contribution in [0.2, 0.25) is 0 Å². The summed E-state index contributed by atoms with van der Waals surface area (Å²) < 4.78 is 0. The quantitative estimate of drug-likeness (QED) is 0.745. The molecular formula is C12H24N2O2. The molecule has 0 aromatic carbocycles. The van der Waals surface area contributed by atoms with Crippen molar-refractivity contribution in [2.24, 2.45) is 0 Å². The third kappa shape index (κ3) is 3.46. The van der Waals surface area contributed by atoms with Gasteiger partial charge < -0.3 is 10.4 Å². The maximum Gasteiger partial charge on any atom is 0.304 e. The summed E-state index contributed by atoms with van der Waals surface area (Å²) in [5.41, 5.74) is 0.0630. The highest BCUT2D eigenvalue weighted by molar-refractivity contribution is 5.67. The van der Waals surface area contributed by atoms with Crippen molar-refractivity contribution in [3.63, 3.8) is 0 Å². The van der Waals surface area contributed by atoms with Crippen molar-refractivity contribution in [1.29, 1.82) is 0 Å². The molecule has 0 aliphatic carbocycles. The number of carboxylic acids is 1. The summed E-state index contributed by atoms with van der Waals surface area (Å²) >= 11 is 0. The van der Waals surface area contributed by atoms with E-state index in [1.165, 1.54) is 0 Å². The number of hydrogen-bond acceptors (Lipinski definition) is 3. The molecule has 0 radical (unpaired) electrons. The second-order valence-corrected chi connectivity index (χ2v) is 5.24. The largest absolute Gasteiger partial charge is 0.481 e. The fourth-order valence-corrected chi connectivity index (χ4v) is 2.45. The van der Waals surface area contributed by atoms with Gasteiger partial charge in [-0.3, -0.25) is 9.69 Å². The monoisotopic (exact) mass is 228 g/mol. The third-order valence-corrected chi connectivity index (χ3v) is 3.32. The molecule has 1 aliphatic heterocycles. The summed E-state index contributed by atoms with van der Waals surface area (Å²) in [6, 6.07) is 0.132. The Labute approximate surface area is 98.0 Å². The SMILES string of the molecule is CCCCN1C(CC(=O)O)CNCC1(C)C. The van der Waals surface area contributed by atoms with Crippen LogP contribution in [-0.4, -0.2) is 47.2 Å². The van der Waals surface area contributed by atoms with Crippen LogP contribution in [0.4, 0.5) is 0 Å². The molecule has 94 valence electrons. The van der Waals surface area contributed by atoms with Crippen LogP contribution in [0.1, 0.15) is 40.0 Å². The Morgan fingerprint density at radius 1 is 1.56 bits per heavy atom. The van der Waals surface area contributed by atoms with E-state index in [0.29, 0.717) is 0 Å². The summed E-state index contributed by atoms with van der Waals surface area (Å²) in [5.74, 6) is -0.703. The average molecular weight is 228 g/mol. The smallest absolute Gasteiger partial charge is 0.304 e. The molecule has 1 aliphatic rings. The molecule has 2 N–H and O–H groups in total. The Morgan fingerprint density at radius 2 is 2.25 bits per heavy atom. The van der Waals surface area contributed by atoms with Crippen molar-refractivity contribution in [3.05, 3.63) is 0 Å². The van der Waals surface area contributed by atoms with Gasteiger partial charge in [0.15, 0.2) is 0 Å². The van der Waals surface area contributed by atoms with Crippen molar-refractivity contribution in [3.8, 4) is 0 Å². The highest BCUT2D eigenvalue weighted by Crippen LogP contribution is 2.23. The molecule has 1 saturated heterocycles. The molecule has 1 fully saturated rings. The van der Waals surface area contributed by atoms with E-state index >= 15 is 0 Å². The van der Waals surface area contributed by atoms with Gasteiger partial charge in [0, 0.05) is 24.7 Å². The second kappa shape index (κ2) is 5.64. The van der Waals surface area contributed by atoms with Crippen molar-refractivity contribution < 1.29 is 9.90 Å². The summed E-state index contributed by atoms with van der Waals surface area (Å²) in [7, 11) is 0. The Kier molecular flexibility index (Phi) is 4.74. The normalized spacial score (nSPS) is 25.6. The summed E-state index contributed by atoms with van der Waals surface area (Å²) in [5, 5.41) is 12.3. The molecule has 0 aromatic rings. The van der Waals surface area contributed by atoms with Crippen LogP contribution in [0.5, 0.6) is 0 Å². The number of piperazine rings is 1. The van der Waals surface area contributed by atoms with Gasteiger partial charge in [-0.2, -0.15) is 0 Å². The molecule has 4 heteroatoms. The maximum atomic E-state index is 10.8. The lowest BCUT2D eigenvalue weighted by Crippen LogP contribution is -2.63. The van der Waals surface area contributed by atoms with Crippen molar-refractivity contribution >= 4 is 5.97 Å². The summed E-state index contributed by atoms with van der Waals surface area (Å²) in [6.07, 6.45) is 2.53. The van der Waals surface area contributed by atoms with E-state index < -0.39 is 5.97 Å².